The number of carbonyl (C=O) groups is 1. The van der Waals surface area contributed by atoms with Crippen LogP contribution in [0.3, 0.4) is 0 Å². The molecule has 2 atom stereocenters. The molecule has 4 N–H and O–H groups in total. The molecular formula is C9H19N3O. The maximum absolute atomic E-state index is 11.0. The first-order valence-corrected chi connectivity index (χ1v) is 5.01. The Morgan fingerprint density at radius 3 is 2.77 bits per heavy atom. The number of rotatable bonds is 3. The van der Waals surface area contributed by atoms with Gasteiger partial charge < -0.3 is 16.4 Å². The summed E-state index contributed by atoms with van der Waals surface area (Å²) in [5, 5.41) is 5.52. The molecule has 4 heteroatoms. The van der Waals surface area contributed by atoms with Gasteiger partial charge in [-0.3, -0.25) is 0 Å². The number of hydrogen-bond acceptors (Lipinski definition) is 2. The average Bonchev–Trinajstić information content (AvgIpc) is 2.48. The summed E-state index contributed by atoms with van der Waals surface area (Å²) in [6.07, 6.45) is 3.44. The summed E-state index contributed by atoms with van der Waals surface area (Å²) < 4.78 is 0. The monoisotopic (exact) mass is 185 g/mol. The van der Waals surface area contributed by atoms with E-state index >= 15 is 0 Å². The van der Waals surface area contributed by atoms with E-state index in [0.29, 0.717) is 19.0 Å². The molecular weight excluding hydrogens is 166 g/mol. The van der Waals surface area contributed by atoms with Crippen LogP contribution in [0.15, 0.2) is 0 Å². The van der Waals surface area contributed by atoms with Crippen LogP contribution in [0.25, 0.3) is 0 Å². The molecule has 0 radical (unpaired) electrons. The maximum atomic E-state index is 11.0. The quantitative estimate of drug-likeness (QED) is 0.597. The van der Waals surface area contributed by atoms with Crippen molar-refractivity contribution in [2.45, 2.75) is 32.2 Å². The van der Waals surface area contributed by atoms with Crippen LogP contribution in [0.5, 0.6) is 0 Å². The van der Waals surface area contributed by atoms with Gasteiger partial charge in [-0.2, -0.15) is 0 Å². The van der Waals surface area contributed by atoms with Crippen LogP contribution in [0.1, 0.15) is 26.2 Å². The first kappa shape index (κ1) is 10.3. The third kappa shape index (κ3) is 3.22. The summed E-state index contributed by atoms with van der Waals surface area (Å²) in [6, 6.07) is 0.198. The molecule has 2 unspecified atom stereocenters. The van der Waals surface area contributed by atoms with Gasteiger partial charge in [-0.25, -0.2) is 4.79 Å². The van der Waals surface area contributed by atoms with Crippen molar-refractivity contribution < 1.29 is 4.79 Å². The Morgan fingerprint density at radius 2 is 2.23 bits per heavy atom. The number of carbonyl (C=O) groups excluding carboxylic acids is 1. The van der Waals surface area contributed by atoms with E-state index in [9.17, 15) is 4.79 Å². The molecule has 1 fully saturated rings. The van der Waals surface area contributed by atoms with E-state index in [1.54, 1.807) is 0 Å². The lowest BCUT2D eigenvalue weighted by Crippen LogP contribution is -2.41. The van der Waals surface area contributed by atoms with E-state index in [4.69, 9.17) is 5.73 Å². The van der Waals surface area contributed by atoms with E-state index < -0.39 is 0 Å². The molecule has 4 nitrogen and oxygen atoms in total. The Hall–Kier alpha value is -0.770. The molecule has 2 amide bonds. The van der Waals surface area contributed by atoms with Crippen molar-refractivity contribution in [3.8, 4) is 0 Å². The van der Waals surface area contributed by atoms with Crippen LogP contribution in [-0.4, -0.2) is 25.2 Å². The van der Waals surface area contributed by atoms with Gasteiger partial charge in [0, 0.05) is 19.1 Å². The third-order valence-corrected chi connectivity index (χ3v) is 2.58. The molecule has 0 aromatic heterocycles. The molecule has 1 saturated carbocycles. The minimum Gasteiger partial charge on any atom is -0.338 e. The molecule has 13 heavy (non-hydrogen) atoms. The number of hydrogen-bond donors (Lipinski definition) is 3. The molecule has 0 heterocycles. The molecule has 0 aromatic rings. The first-order valence-electron chi connectivity index (χ1n) is 5.01. The van der Waals surface area contributed by atoms with Crippen molar-refractivity contribution >= 4 is 6.03 Å². The highest BCUT2D eigenvalue weighted by molar-refractivity contribution is 5.73. The average molecular weight is 185 g/mol. The molecule has 0 bridgehead atoms. The minimum absolute atomic E-state index is 0.0819. The fourth-order valence-corrected chi connectivity index (χ4v) is 1.77. The molecule has 76 valence electrons. The largest absolute Gasteiger partial charge is 0.338 e. The summed E-state index contributed by atoms with van der Waals surface area (Å²) in [6.45, 7) is 3.29. The van der Waals surface area contributed by atoms with Gasteiger partial charge in [0.1, 0.15) is 0 Å². The second-order valence-corrected chi connectivity index (χ2v) is 3.60. The van der Waals surface area contributed by atoms with Crippen molar-refractivity contribution in [3.63, 3.8) is 0 Å². The summed E-state index contributed by atoms with van der Waals surface area (Å²) in [4.78, 5) is 11.0. The Balaban J connectivity index is 2.14. The zero-order valence-corrected chi connectivity index (χ0v) is 8.18. The van der Waals surface area contributed by atoms with Crippen LogP contribution in [0, 0.1) is 5.92 Å². The van der Waals surface area contributed by atoms with Crippen LogP contribution in [0.4, 0.5) is 4.79 Å². The van der Waals surface area contributed by atoms with Gasteiger partial charge in [0.05, 0.1) is 0 Å². The minimum atomic E-state index is -0.0819. The lowest BCUT2D eigenvalue weighted by Gasteiger charge is -2.15. The highest BCUT2D eigenvalue weighted by Gasteiger charge is 2.23. The highest BCUT2D eigenvalue weighted by Crippen LogP contribution is 2.22. The van der Waals surface area contributed by atoms with Crippen molar-refractivity contribution in [2.24, 2.45) is 11.7 Å². The molecule has 0 aliphatic heterocycles. The third-order valence-electron chi connectivity index (χ3n) is 2.58. The number of nitrogens with one attached hydrogen (secondary N) is 2. The number of amides is 2. The molecule has 0 spiro atoms. The Bertz CT molecular complexity index is 172. The lowest BCUT2D eigenvalue weighted by molar-refractivity contribution is 0.239. The topological polar surface area (TPSA) is 67.2 Å². The Kier molecular flexibility index (Phi) is 4.02. The Morgan fingerprint density at radius 1 is 1.46 bits per heavy atom. The van der Waals surface area contributed by atoms with Crippen LogP contribution < -0.4 is 16.4 Å². The highest BCUT2D eigenvalue weighted by atomic mass is 16.2. The standard InChI is InChI=1S/C9H19N3O/c1-2-11-9(13)12-6-7-4-3-5-8(7)10/h7-8H,2-6,10H2,1H3,(H2,11,12,13). The van der Waals surface area contributed by atoms with E-state index in [-0.39, 0.29) is 12.1 Å². The van der Waals surface area contributed by atoms with Gasteiger partial charge in [0.2, 0.25) is 0 Å². The van der Waals surface area contributed by atoms with Gasteiger partial charge >= 0.3 is 6.03 Å². The summed E-state index contributed by atoms with van der Waals surface area (Å²) in [7, 11) is 0. The van der Waals surface area contributed by atoms with E-state index in [0.717, 1.165) is 12.8 Å². The molecule has 0 saturated heterocycles. The zero-order chi connectivity index (χ0) is 9.68. The molecule has 0 aromatic carbocycles. The first-order chi connectivity index (χ1) is 6.24. The predicted octanol–water partition coefficient (Wildman–Crippen LogP) is 0.433. The lowest BCUT2D eigenvalue weighted by atomic mass is 10.1. The van der Waals surface area contributed by atoms with Gasteiger partial charge in [-0.05, 0) is 25.7 Å². The van der Waals surface area contributed by atoms with Crippen molar-refractivity contribution in [2.75, 3.05) is 13.1 Å². The van der Waals surface area contributed by atoms with Gasteiger partial charge in [-0.1, -0.05) is 6.42 Å². The van der Waals surface area contributed by atoms with Crippen LogP contribution in [0.2, 0.25) is 0 Å². The van der Waals surface area contributed by atoms with E-state index in [2.05, 4.69) is 10.6 Å². The predicted molar refractivity (Wildman–Crippen MR) is 52.4 cm³/mol. The number of urea groups is 1. The summed E-state index contributed by atoms with van der Waals surface area (Å²) >= 11 is 0. The van der Waals surface area contributed by atoms with Crippen molar-refractivity contribution in [1.29, 1.82) is 0 Å². The van der Waals surface area contributed by atoms with Crippen molar-refractivity contribution in [1.82, 2.24) is 10.6 Å². The van der Waals surface area contributed by atoms with Gasteiger partial charge in [-0.15, -0.1) is 0 Å². The normalized spacial score (nSPS) is 27.2. The van der Waals surface area contributed by atoms with Crippen LogP contribution >= 0.6 is 0 Å². The van der Waals surface area contributed by atoms with Crippen molar-refractivity contribution in [3.05, 3.63) is 0 Å². The SMILES string of the molecule is CCNC(=O)NCC1CCCC1N. The smallest absolute Gasteiger partial charge is 0.314 e. The summed E-state index contributed by atoms with van der Waals surface area (Å²) in [5.74, 6) is 0.475. The molecule has 1 rings (SSSR count). The van der Waals surface area contributed by atoms with Gasteiger partial charge in [0.25, 0.3) is 0 Å². The van der Waals surface area contributed by atoms with E-state index in [1.807, 2.05) is 6.92 Å². The summed E-state index contributed by atoms with van der Waals surface area (Å²) in [5.41, 5.74) is 5.87. The second-order valence-electron chi connectivity index (χ2n) is 3.60. The fourth-order valence-electron chi connectivity index (χ4n) is 1.77. The van der Waals surface area contributed by atoms with Gasteiger partial charge in [0.15, 0.2) is 0 Å². The van der Waals surface area contributed by atoms with Crippen LogP contribution in [-0.2, 0) is 0 Å². The second kappa shape index (κ2) is 5.07. The molecule has 1 aliphatic rings. The Labute approximate surface area is 79.3 Å². The molecule has 1 aliphatic carbocycles. The van der Waals surface area contributed by atoms with E-state index in [1.165, 1.54) is 6.42 Å². The number of nitrogens with two attached hydrogens (primary N) is 1. The zero-order valence-electron chi connectivity index (χ0n) is 8.18. The fraction of sp³-hybridized carbons (Fsp3) is 0.889. The maximum Gasteiger partial charge on any atom is 0.314 e.